The molecule has 1 amide bonds. The molecule has 0 aliphatic carbocycles. The summed E-state index contributed by atoms with van der Waals surface area (Å²) in [4.78, 5) is 27.6. The number of ketones is 1. The fraction of sp³-hybridized carbons (Fsp3) is 0.652. The van der Waals surface area contributed by atoms with E-state index in [1.807, 2.05) is 56.0 Å². The summed E-state index contributed by atoms with van der Waals surface area (Å²) in [5, 5.41) is 0.0570. The second-order valence-corrected chi connectivity index (χ2v) is 15.3. The Kier molecular flexibility index (Phi) is 6.61. The maximum Gasteiger partial charge on any atom is 0.225 e. The first-order chi connectivity index (χ1) is 12.7. The first-order valence-electron chi connectivity index (χ1n) is 10.3. The van der Waals surface area contributed by atoms with Gasteiger partial charge < -0.3 is 9.33 Å². The van der Waals surface area contributed by atoms with Crippen LogP contribution in [0, 0.1) is 5.41 Å². The van der Waals surface area contributed by atoms with E-state index in [2.05, 4.69) is 33.9 Å². The summed E-state index contributed by atoms with van der Waals surface area (Å²) in [7, 11) is -2.05. The zero-order valence-electron chi connectivity index (χ0n) is 18.8. The van der Waals surface area contributed by atoms with E-state index in [0.717, 1.165) is 5.56 Å². The lowest BCUT2D eigenvalue weighted by Gasteiger charge is -2.40. The van der Waals surface area contributed by atoms with Crippen molar-refractivity contribution in [2.24, 2.45) is 5.41 Å². The molecule has 1 saturated heterocycles. The number of nitrogens with zero attached hydrogens (tertiary/aromatic N) is 1. The summed E-state index contributed by atoms with van der Waals surface area (Å²) in [6, 6.07) is 9.78. The van der Waals surface area contributed by atoms with E-state index in [9.17, 15) is 9.59 Å². The number of hydrogen-bond donors (Lipinski definition) is 0. The minimum absolute atomic E-state index is 0.0570. The third kappa shape index (κ3) is 5.32. The number of hydrogen-bond acceptors (Lipinski definition) is 3. The molecule has 0 radical (unpaired) electrons. The molecule has 5 heteroatoms. The summed E-state index contributed by atoms with van der Waals surface area (Å²) in [6.45, 7) is 17.4. The Morgan fingerprint density at radius 1 is 1.11 bits per heavy atom. The maximum absolute atomic E-state index is 12.9. The number of carbonyl (C=O) groups is 2. The normalized spacial score (nSPS) is 21.3. The second-order valence-electron chi connectivity index (χ2n) is 10.6. The fourth-order valence-corrected chi connectivity index (χ4v) is 4.56. The molecule has 1 aromatic carbocycles. The van der Waals surface area contributed by atoms with Gasteiger partial charge in [-0.3, -0.25) is 9.59 Å². The number of amides is 1. The molecule has 4 nitrogen and oxygen atoms in total. The van der Waals surface area contributed by atoms with Crippen LogP contribution in [0.2, 0.25) is 18.1 Å². The van der Waals surface area contributed by atoms with Crippen molar-refractivity contribution >= 4 is 20.0 Å². The number of benzene rings is 1. The van der Waals surface area contributed by atoms with Crippen LogP contribution >= 0.6 is 0 Å². The van der Waals surface area contributed by atoms with Gasteiger partial charge in [0.05, 0.1) is 18.6 Å². The molecule has 28 heavy (non-hydrogen) atoms. The monoisotopic (exact) mass is 403 g/mol. The van der Waals surface area contributed by atoms with Crippen LogP contribution < -0.4 is 0 Å². The molecule has 156 valence electrons. The van der Waals surface area contributed by atoms with Crippen LogP contribution in [0.3, 0.4) is 0 Å². The molecule has 0 saturated carbocycles. The van der Waals surface area contributed by atoms with Crippen molar-refractivity contribution in [3.8, 4) is 0 Å². The van der Waals surface area contributed by atoms with Crippen LogP contribution in [0.1, 0.15) is 59.9 Å². The fourth-order valence-electron chi connectivity index (χ4n) is 3.21. The number of carbonyl (C=O) groups excluding carboxylic acids is 2. The van der Waals surface area contributed by atoms with Gasteiger partial charge in [-0.1, -0.05) is 71.9 Å². The Labute approximate surface area is 171 Å². The van der Waals surface area contributed by atoms with Gasteiger partial charge >= 0.3 is 0 Å². The van der Waals surface area contributed by atoms with Crippen molar-refractivity contribution in [2.45, 2.75) is 91.2 Å². The lowest BCUT2D eigenvalue weighted by molar-refractivity contribution is -0.131. The van der Waals surface area contributed by atoms with Gasteiger partial charge in [0.25, 0.3) is 0 Å². The summed E-state index contributed by atoms with van der Waals surface area (Å²) in [5.41, 5.74) is 0.656. The molecule has 1 aliphatic rings. The maximum atomic E-state index is 12.9. The molecular weight excluding hydrogens is 366 g/mol. The van der Waals surface area contributed by atoms with Gasteiger partial charge in [-0.25, -0.2) is 0 Å². The van der Waals surface area contributed by atoms with Crippen LogP contribution in [0.25, 0.3) is 0 Å². The molecule has 0 bridgehead atoms. The Balaban J connectivity index is 2.30. The van der Waals surface area contributed by atoms with E-state index in [1.165, 1.54) is 0 Å². The average molecular weight is 404 g/mol. The van der Waals surface area contributed by atoms with Gasteiger partial charge in [-0.05, 0) is 23.7 Å². The van der Waals surface area contributed by atoms with Gasteiger partial charge in [-0.2, -0.15) is 0 Å². The Morgan fingerprint density at radius 3 is 2.18 bits per heavy atom. The molecule has 0 spiro atoms. The molecule has 0 N–H and O–H groups in total. The topological polar surface area (TPSA) is 46.6 Å². The molecular formula is C23H37NO3Si. The lowest BCUT2D eigenvalue weighted by atomic mass is 9.86. The Hall–Kier alpha value is -1.46. The predicted molar refractivity (Wildman–Crippen MR) is 117 cm³/mol. The smallest absolute Gasteiger partial charge is 0.225 e. The van der Waals surface area contributed by atoms with Crippen LogP contribution in [0.4, 0.5) is 0 Å². The zero-order valence-corrected chi connectivity index (χ0v) is 19.8. The predicted octanol–water partition coefficient (Wildman–Crippen LogP) is 5.18. The SMILES string of the molecule is CC(C)(C)C(=O)CC1[C@@H](O[Si](C)(C)C(C)(C)C)CC(=O)N1Cc1ccccc1. The average Bonchev–Trinajstić information content (AvgIpc) is 2.81. The molecule has 1 fully saturated rings. The van der Waals surface area contributed by atoms with Crippen molar-refractivity contribution in [2.75, 3.05) is 0 Å². The number of Topliss-reactive ketones (excluding diaryl/α,β-unsaturated/α-hetero) is 1. The molecule has 1 heterocycles. The molecule has 1 aliphatic heterocycles. The quantitative estimate of drug-likeness (QED) is 0.615. The molecule has 2 atom stereocenters. The minimum atomic E-state index is -2.05. The summed E-state index contributed by atoms with van der Waals surface area (Å²) in [5.74, 6) is 0.258. The van der Waals surface area contributed by atoms with Crippen molar-refractivity contribution in [1.82, 2.24) is 4.90 Å². The summed E-state index contributed by atoms with van der Waals surface area (Å²) in [6.07, 6.45) is 0.492. The zero-order chi connectivity index (χ0) is 21.3. The number of rotatable bonds is 6. The lowest BCUT2D eigenvalue weighted by Crippen LogP contribution is -2.48. The standard InChI is InChI=1S/C23H37NO3Si/c1-22(2,3)20(25)14-18-19(27-28(7,8)23(4,5)6)15-21(26)24(18)16-17-12-10-9-11-13-17/h9-13,18-19H,14-16H2,1-8H3/t18?,19-/m0/s1. The largest absolute Gasteiger partial charge is 0.411 e. The molecule has 0 aromatic heterocycles. The highest BCUT2D eigenvalue weighted by Crippen LogP contribution is 2.40. The van der Waals surface area contributed by atoms with E-state index in [4.69, 9.17) is 4.43 Å². The molecule has 2 rings (SSSR count). The minimum Gasteiger partial charge on any atom is -0.411 e. The molecule has 1 aromatic rings. The van der Waals surface area contributed by atoms with Gasteiger partial charge in [0.1, 0.15) is 5.78 Å². The van der Waals surface area contributed by atoms with Crippen molar-refractivity contribution < 1.29 is 14.0 Å². The van der Waals surface area contributed by atoms with Crippen LogP contribution in [-0.2, 0) is 20.6 Å². The number of likely N-dealkylation sites (tertiary alicyclic amines) is 1. The first-order valence-corrected chi connectivity index (χ1v) is 13.2. The van der Waals surface area contributed by atoms with Crippen molar-refractivity contribution in [3.63, 3.8) is 0 Å². The Bertz CT molecular complexity index is 701. The third-order valence-corrected chi connectivity index (χ3v) is 10.7. The van der Waals surface area contributed by atoms with Gasteiger partial charge in [-0.15, -0.1) is 0 Å². The van der Waals surface area contributed by atoms with Gasteiger partial charge in [0, 0.05) is 18.4 Å². The van der Waals surface area contributed by atoms with Crippen LogP contribution in [0.15, 0.2) is 30.3 Å². The summed E-state index contributed by atoms with van der Waals surface area (Å²) < 4.78 is 6.65. The third-order valence-electron chi connectivity index (χ3n) is 6.20. The highest BCUT2D eigenvalue weighted by molar-refractivity contribution is 6.74. The van der Waals surface area contributed by atoms with E-state index < -0.39 is 13.7 Å². The highest BCUT2D eigenvalue weighted by Gasteiger charge is 2.47. The van der Waals surface area contributed by atoms with Gasteiger partial charge in [0.2, 0.25) is 5.91 Å². The Morgan fingerprint density at radius 2 is 1.68 bits per heavy atom. The van der Waals surface area contributed by atoms with Crippen LogP contribution in [0.5, 0.6) is 0 Å². The van der Waals surface area contributed by atoms with E-state index in [-0.39, 0.29) is 28.9 Å². The van der Waals surface area contributed by atoms with Gasteiger partial charge in [0.15, 0.2) is 8.32 Å². The van der Waals surface area contributed by atoms with Crippen molar-refractivity contribution in [1.29, 1.82) is 0 Å². The highest BCUT2D eigenvalue weighted by atomic mass is 28.4. The van der Waals surface area contributed by atoms with E-state index >= 15 is 0 Å². The van der Waals surface area contributed by atoms with Crippen molar-refractivity contribution in [3.05, 3.63) is 35.9 Å². The van der Waals surface area contributed by atoms with E-state index in [0.29, 0.717) is 19.4 Å². The first kappa shape index (κ1) is 22.8. The second kappa shape index (κ2) is 8.11. The molecule has 1 unspecified atom stereocenters. The van der Waals surface area contributed by atoms with Crippen LogP contribution in [-0.4, -0.2) is 37.1 Å². The summed E-state index contributed by atoms with van der Waals surface area (Å²) >= 11 is 0. The van der Waals surface area contributed by atoms with E-state index in [1.54, 1.807) is 0 Å².